The second kappa shape index (κ2) is 11.2. The zero-order valence-electron chi connectivity index (χ0n) is 19.6. The predicted octanol–water partition coefficient (Wildman–Crippen LogP) is 3.69. The number of piperidine rings is 1. The number of rotatable bonds is 6. The van der Waals surface area contributed by atoms with Crippen LogP contribution in [-0.2, 0) is 6.42 Å². The van der Waals surface area contributed by atoms with Crippen LogP contribution >= 0.6 is 22.7 Å². The number of hydrogen-bond acceptors (Lipinski definition) is 7. The lowest BCUT2D eigenvalue weighted by Gasteiger charge is -2.39. The number of nitrogens with zero attached hydrogens (tertiary/aromatic N) is 5. The van der Waals surface area contributed by atoms with E-state index in [2.05, 4.69) is 26.3 Å². The number of amides is 3. The van der Waals surface area contributed by atoms with Crippen molar-refractivity contribution in [1.82, 2.24) is 25.1 Å². The number of pyridine rings is 1. The molecule has 8 nitrogen and oxygen atoms in total. The van der Waals surface area contributed by atoms with Crippen LogP contribution in [0, 0.1) is 0 Å². The van der Waals surface area contributed by atoms with Crippen molar-refractivity contribution < 1.29 is 9.59 Å². The van der Waals surface area contributed by atoms with Crippen LogP contribution in [0.2, 0.25) is 0 Å². The minimum absolute atomic E-state index is 0.110. The average Bonchev–Trinajstić information content (AvgIpc) is 3.62. The van der Waals surface area contributed by atoms with E-state index in [1.165, 1.54) is 4.88 Å². The summed E-state index contributed by atoms with van der Waals surface area (Å²) in [5, 5.41) is 7.88. The van der Waals surface area contributed by atoms with Gasteiger partial charge in [-0.3, -0.25) is 4.79 Å². The number of piperazine rings is 1. The SMILES string of the molecule is O=C(NCCc1cccs1)c1csc(C2CCN(C(=O)N3CCN(c4ccccn4)CC3)CC2)n1. The van der Waals surface area contributed by atoms with Gasteiger partial charge in [0, 0.05) is 68.2 Å². The van der Waals surface area contributed by atoms with Crippen LogP contribution in [0.4, 0.5) is 10.6 Å². The van der Waals surface area contributed by atoms with E-state index in [0.29, 0.717) is 31.2 Å². The Hall–Kier alpha value is -2.98. The Labute approximate surface area is 213 Å². The fraction of sp³-hybridized carbons (Fsp3) is 0.440. The number of aromatic nitrogens is 2. The van der Waals surface area contributed by atoms with E-state index in [9.17, 15) is 9.59 Å². The maximum Gasteiger partial charge on any atom is 0.320 e. The molecule has 10 heteroatoms. The molecular weight excluding hydrogens is 480 g/mol. The van der Waals surface area contributed by atoms with Gasteiger partial charge in [0.25, 0.3) is 5.91 Å². The van der Waals surface area contributed by atoms with Crippen molar-refractivity contribution in [3.05, 3.63) is 62.9 Å². The Balaban J connectivity index is 1.06. The number of carbonyl (C=O) groups excluding carboxylic acids is 2. The van der Waals surface area contributed by atoms with Gasteiger partial charge in [0.05, 0.1) is 5.01 Å². The molecule has 184 valence electrons. The highest BCUT2D eigenvalue weighted by Gasteiger charge is 2.30. The third kappa shape index (κ3) is 5.82. The Kier molecular flexibility index (Phi) is 7.58. The summed E-state index contributed by atoms with van der Waals surface area (Å²) < 4.78 is 0. The van der Waals surface area contributed by atoms with Crippen LogP contribution in [0.25, 0.3) is 0 Å². The molecule has 0 aliphatic carbocycles. The maximum absolute atomic E-state index is 13.1. The molecule has 2 fully saturated rings. The number of thiazole rings is 1. The maximum atomic E-state index is 13.1. The van der Waals surface area contributed by atoms with Gasteiger partial charge < -0.3 is 20.0 Å². The van der Waals surface area contributed by atoms with E-state index in [-0.39, 0.29) is 11.9 Å². The molecule has 2 saturated heterocycles. The van der Waals surface area contributed by atoms with E-state index >= 15 is 0 Å². The van der Waals surface area contributed by atoms with Gasteiger partial charge in [0.15, 0.2) is 0 Å². The fourth-order valence-electron chi connectivity index (χ4n) is 4.61. The molecule has 3 aromatic rings. The summed E-state index contributed by atoms with van der Waals surface area (Å²) in [5.41, 5.74) is 0.500. The Bertz CT molecular complexity index is 1100. The third-order valence-electron chi connectivity index (χ3n) is 6.63. The van der Waals surface area contributed by atoms with E-state index in [1.54, 1.807) is 28.9 Å². The number of urea groups is 1. The number of likely N-dealkylation sites (tertiary alicyclic amines) is 1. The fourth-order valence-corrected chi connectivity index (χ4v) is 6.29. The monoisotopic (exact) mass is 510 g/mol. The lowest BCUT2D eigenvalue weighted by Crippen LogP contribution is -2.54. The third-order valence-corrected chi connectivity index (χ3v) is 8.57. The number of hydrogen-bond donors (Lipinski definition) is 1. The average molecular weight is 511 g/mol. The highest BCUT2D eigenvalue weighted by molar-refractivity contribution is 7.10. The molecular formula is C25H30N6O2S2. The molecule has 35 heavy (non-hydrogen) atoms. The number of nitrogens with one attached hydrogen (secondary N) is 1. The quantitative estimate of drug-likeness (QED) is 0.547. The van der Waals surface area contributed by atoms with Crippen LogP contribution in [0.15, 0.2) is 47.3 Å². The summed E-state index contributed by atoms with van der Waals surface area (Å²) in [6, 6.07) is 10.2. The summed E-state index contributed by atoms with van der Waals surface area (Å²) in [7, 11) is 0. The number of anilines is 1. The first-order valence-corrected chi connectivity index (χ1v) is 13.9. The van der Waals surface area contributed by atoms with Crippen molar-refractivity contribution in [2.24, 2.45) is 0 Å². The highest BCUT2D eigenvalue weighted by Crippen LogP contribution is 2.31. The largest absolute Gasteiger partial charge is 0.353 e. The molecule has 0 atom stereocenters. The van der Waals surface area contributed by atoms with E-state index in [4.69, 9.17) is 0 Å². The molecule has 0 bridgehead atoms. The molecule has 2 aliphatic heterocycles. The van der Waals surface area contributed by atoms with E-state index < -0.39 is 0 Å². The second-order valence-electron chi connectivity index (χ2n) is 8.86. The summed E-state index contributed by atoms with van der Waals surface area (Å²) in [4.78, 5) is 42.0. The zero-order valence-corrected chi connectivity index (χ0v) is 21.3. The van der Waals surface area contributed by atoms with Crippen molar-refractivity contribution in [3.63, 3.8) is 0 Å². The van der Waals surface area contributed by atoms with Crippen LogP contribution in [0.3, 0.4) is 0 Å². The van der Waals surface area contributed by atoms with Crippen LogP contribution < -0.4 is 10.2 Å². The van der Waals surface area contributed by atoms with E-state index in [1.807, 2.05) is 44.8 Å². The van der Waals surface area contributed by atoms with Gasteiger partial charge in [-0.05, 0) is 42.8 Å². The molecule has 0 aromatic carbocycles. The number of carbonyl (C=O) groups is 2. The lowest BCUT2D eigenvalue weighted by atomic mass is 9.98. The van der Waals surface area contributed by atoms with Crippen LogP contribution in [-0.4, -0.2) is 77.5 Å². The topological polar surface area (TPSA) is 81.7 Å². The van der Waals surface area contributed by atoms with Crippen LogP contribution in [0.1, 0.15) is 39.1 Å². The Morgan fingerprint density at radius 2 is 1.77 bits per heavy atom. The highest BCUT2D eigenvalue weighted by atomic mass is 32.1. The van der Waals surface area contributed by atoms with Gasteiger partial charge in [0.2, 0.25) is 0 Å². The Morgan fingerprint density at radius 3 is 2.49 bits per heavy atom. The molecule has 1 N–H and O–H groups in total. The predicted molar refractivity (Wildman–Crippen MR) is 139 cm³/mol. The molecule has 3 amide bonds. The lowest BCUT2D eigenvalue weighted by molar-refractivity contribution is 0.0949. The summed E-state index contributed by atoms with van der Waals surface area (Å²) >= 11 is 3.26. The summed E-state index contributed by atoms with van der Waals surface area (Å²) in [5.74, 6) is 1.17. The van der Waals surface area contributed by atoms with Gasteiger partial charge in [-0.15, -0.1) is 22.7 Å². The van der Waals surface area contributed by atoms with E-state index in [0.717, 1.165) is 56.3 Å². The minimum atomic E-state index is -0.110. The Morgan fingerprint density at radius 1 is 0.971 bits per heavy atom. The van der Waals surface area contributed by atoms with Gasteiger partial charge >= 0.3 is 6.03 Å². The molecule has 3 aromatic heterocycles. The summed E-state index contributed by atoms with van der Waals surface area (Å²) in [6.45, 7) is 5.10. The van der Waals surface area contributed by atoms with Crippen molar-refractivity contribution in [2.45, 2.75) is 25.2 Å². The van der Waals surface area contributed by atoms with Gasteiger partial charge in [-0.25, -0.2) is 14.8 Å². The first-order valence-electron chi connectivity index (χ1n) is 12.1. The standard InChI is InChI=1S/C25H30N6O2S2/c32-23(27-10-6-20-4-3-17-34-20)21-18-35-24(28-21)19-7-11-30(12-8-19)25(33)31-15-13-29(14-16-31)22-5-1-2-9-26-22/h1-5,9,17-19H,6-8,10-16H2,(H,27,32). The first kappa shape index (κ1) is 23.7. The molecule has 5 rings (SSSR count). The van der Waals surface area contributed by atoms with Crippen molar-refractivity contribution >= 4 is 40.4 Å². The van der Waals surface area contributed by atoms with Crippen molar-refractivity contribution in [2.75, 3.05) is 50.7 Å². The van der Waals surface area contributed by atoms with Gasteiger partial charge in [-0.1, -0.05) is 12.1 Å². The normalized spacial score (nSPS) is 17.0. The molecule has 0 saturated carbocycles. The smallest absolute Gasteiger partial charge is 0.320 e. The molecule has 5 heterocycles. The van der Waals surface area contributed by atoms with Crippen molar-refractivity contribution in [1.29, 1.82) is 0 Å². The van der Waals surface area contributed by atoms with Crippen LogP contribution in [0.5, 0.6) is 0 Å². The first-order chi connectivity index (χ1) is 17.2. The zero-order chi connectivity index (χ0) is 24.0. The minimum Gasteiger partial charge on any atom is -0.353 e. The molecule has 0 spiro atoms. The van der Waals surface area contributed by atoms with Crippen molar-refractivity contribution in [3.8, 4) is 0 Å². The molecule has 0 radical (unpaired) electrons. The second-order valence-corrected chi connectivity index (χ2v) is 10.8. The summed E-state index contributed by atoms with van der Waals surface area (Å²) in [6.07, 6.45) is 4.41. The van der Waals surface area contributed by atoms with Gasteiger partial charge in [-0.2, -0.15) is 0 Å². The molecule has 2 aliphatic rings. The number of thiophene rings is 1. The van der Waals surface area contributed by atoms with Gasteiger partial charge in [0.1, 0.15) is 11.5 Å². The molecule has 0 unspecified atom stereocenters.